The second-order valence-electron chi connectivity index (χ2n) is 8.85. The van der Waals surface area contributed by atoms with Crippen LogP contribution in [-0.4, -0.2) is 54.3 Å². The summed E-state index contributed by atoms with van der Waals surface area (Å²) in [6.45, 7) is 3.94. The highest BCUT2D eigenvalue weighted by molar-refractivity contribution is 7.80. The lowest BCUT2D eigenvalue weighted by molar-refractivity contribution is -0.384. The van der Waals surface area contributed by atoms with Gasteiger partial charge in [-0.1, -0.05) is 6.07 Å². The highest BCUT2D eigenvalue weighted by Gasteiger charge is 2.23. The van der Waals surface area contributed by atoms with Crippen LogP contribution in [0.25, 0.3) is 22.6 Å². The number of fused-ring (bicyclic) bond motifs is 1. The molecular weight excluding hydrogens is 522 g/mol. The fraction of sp³-hybridized carbons (Fsp3) is 0.222. The number of nitro groups is 1. The summed E-state index contributed by atoms with van der Waals surface area (Å²) < 4.78 is 16.5. The van der Waals surface area contributed by atoms with E-state index in [1.54, 1.807) is 37.4 Å². The number of hydrogen-bond donors (Lipinski definition) is 2. The van der Waals surface area contributed by atoms with Crippen LogP contribution in [0.3, 0.4) is 0 Å². The number of carbonyl (C=O) groups excluding carboxylic acids is 1. The van der Waals surface area contributed by atoms with Gasteiger partial charge in [-0.05, 0) is 61.1 Å². The predicted octanol–water partition coefficient (Wildman–Crippen LogP) is 4.68. The van der Waals surface area contributed by atoms with Crippen molar-refractivity contribution in [3.63, 3.8) is 0 Å². The number of aromatic nitrogens is 1. The van der Waals surface area contributed by atoms with Crippen LogP contribution >= 0.6 is 12.2 Å². The molecule has 0 aliphatic carbocycles. The lowest BCUT2D eigenvalue weighted by atomic mass is 10.1. The normalized spacial score (nSPS) is 13.2. The molecule has 2 heterocycles. The summed E-state index contributed by atoms with van der Waals surface area (Å²) in [6, 6.07) is 15.3. The van der Waals surface area contributed by atoms with E-state index in [-0.39, 0.29) is 16.4 Å². The van der Waals surface area contributed by atoms with Gasteiger partial charge in [-0.15, -0.1) is 0 Å². The quantitative estimate of drug-likeness (QED) is 0.199. The summed E-state index contributed by atoms with van der Waals surface area (Å²) in [4.78, 5) is 30.6. The molecule has 3 aromatic carbocycles. The zero-order valence-electron chi connectivity index (χ0n) is 21.2. The van der Waals surface area contributed by atoms with E-state index >= 15 is 0 Å². The predicted molar refractivity (Wildman–Crippen MR) is 151 cm³/mol. The first-order valence-corrected chi connectivity index (χ1v) is 12.5. The fourth-order valence-electron chi connectivity index (χ4n) is 4.26. The molecule has 1 amide bonds. The Morgan fingerprint density at radius 2 is 1.92 bits per heavy atom. The molecule has 12 heteroatoms. The van der Waals surface area contributed by atoms with Gasteiger partial charge in [0.1, 0.15) is 17.0 Å². The molecule has 2 N–H and O–H groups in total. The molecule has 11 nitrogen and oxygen atoms in total. The monoisotopic (exact) mass is 547 g/mol. The summed E-state index contributed by atoms with van der Waals surface area (Å²) in [6.07, 6.45) is 0. The Balaban J connectivity index is 1.31. The van der Waals surface area contributed by atoms with E-state index in [0.29, 0.717) is 66.0 Å². The van der Waals surface area contributed by atoms with E-state index in [1.807, 2.05) is 30.0 Å². The number of amides is 1. The Bertz CT molecular complexity index is 1580. The molecule has 4 aromatic rings. The second kappa shape index (κ2) is 11.1. The molecule has 1 aromatic heterocycles. The number of nitrogens with one attached hydrogen (secondary N) is 2. The number of aryl methyl sites for hydroxylation is 1. The minimum absolute atomic E-state index is 0.0439. The van der Waals surface area contributed by atoms with Crippen LogP contribution in [0.4, 0.5) is 17.1 Å². The Morgan fingerprint density at radius 3 is 2.67 bits per heavy atom. The molecule has 39 heavy (non-hydrogen) atoms. The van der Waals surface area contributed by atoms with E-state index in [2.05, 4.69) is 15.6 Å². The molecule has 1 saturated heterocycles. The van der Waals surface area contributed by atoms with Crippen molar-refractivity contribution < 1.29 is 23.6 Å². The maximum Gasteiger partial charge on any atom is 0.293 e. The molecule has 0 atom stereocenters. The Hall–Kier alpha value is -4.55. The molecule has 1 aliphatic heterocycles. The topological polar surface area (TPSA) is 132 Å². The Morgan fingerprint density at radius 1 is 1.13 bits per heavy atom. The number of hydrogen-bond acceptors (Lipinski definition) is 9. The number of rotatable bonds is 6. The van der Waals surface area contributed by atoms with Gasteiger partial charge in [-0.2, -0.15) is 0 Å². The van der Waals surface area contributed by atoms with Crippen LogP contribution in [-0.2, 0) is 4.74 Å². The first-order chi connectivity index (χ1) is 18.8. The summed E-state index contributed by atoms with van der Waals surface area (Å²) in [7, 11) is 1.59. The van der Waals surface area contributed by atoms with E-state index in [4.69, 9.17) is 26.1 Å². The number of nitrogens with zero attached hydrogens (tertiary/aromatic N) is 3. The lowest BCUT2D eigenvalue weighted by Gasteiger charge is -2.28. The third kappa shape index (κ3) is 5.66. The minimum Gasteiger partial charge on any atom is -0.497 e. The molecule has 5 rings (SSSR count). The van der Waals surface area contributed by atoms with Gasteiger partial charge < -0.3 is 24.1 Å². The van der Waals surface area contributed by atoms with Gasteiger partial charge in [0, 0.05) is 42.0 Å². The molecular formula is C27H25N5O6S. The maximum atomic E-state index is 12.9. The molecule has 0 unspecified atom stereocenters. The van der Waals surface area contributed by atoms with Crippen LogP contribution in [0.1, 0.15) is 15.9 Å². The smallest absolute Gasteiger partial charge is 0.293 e. The van der Waals surface area contributed by atoms with Crippen LogP contribution in [0, 0.1) is 17.0 Å². The molecule has 1 fully saturated rings. The van der Waals surface area contributed by atoms with Gasteiger partial charge in [0.15, 0.2) is 10.7 Å². The average molecular weight is 548 g/mol. The number of benzene rings is 3. The second-order valence-corrected chi connectivity index (χ2v) is 9.26. The van der Waals surface area contributed by atoms with Crippen molar-refractivity contribution in [2.45, 2.75) is 6.92 Å². The van der Waals surface area contributed by atoms with Crippen molar-refractivity contribution in [1.82, 2.24) is 10.3 Å². The molecule has 1 aliphatic rings. The van der Waals surface area contributed by atoms with Crippen molar-refractivity contribution in [3.8, 4) is 17.2 Å². The molecule has 200 valence electrons. The first-order valence-electron chi connectivity index (χ1n) is 12.1. The van der Waals surface area contributed by atoms with Gasteiger partial charge >= 0.3 is 0 Å². The van der Waals surface area contributed by atoms with Gasteiger partial charge in [-0.25, -0.2) is 4.98 Å². The zero-order chi connectivity index (χ0) is 27.5. The third-order valence-corrected chi connectivity index (χ3v) is 6.54. The number of morpholine rings is 1. The van der Waals surface area contributed by atoms with E-state index in [0.717, 1.165) is 5.56 Å². The van der Waals surface area contributed by atoms with E-state index < -0.39 is 10.8 Å². The Kier molecular flexibility index (Phi) is 7.39. The number of oxazole rings is 1. The van der Waals surface area contributed by atoms with Crippen molar-refractivity contribution >= 4 is 51.4 Å². The highest BCUT2D eigenvalue weighted by Crippen LogP contribution is 2.31. The van der Waals surface area contributed by atoms with Crippen LogP contribution in [0.15, 0.2) is 59.0 Å². The third-order valence-electron chi connectivity index (χ3n) is 6.34. The summed E-state index contributed by atoms with van der Waals surface area (Å²) in [5.74, 6) is 0.533. The van der Waals surface area contributed by atoms with Crippen LogP contribution in [0.5, 0.6) is 5.75 Å². The lowest BCUT2D eigenvalue weighted by Crippen LogP contribution is -2.37. The summed E-state index contributed by atoms with van der Waals surface area (Å²) in [5.41, 5.74) is 3.93. The number of anilines is 2. The van der Waals surface area contributed by atoms with Gasteiger partial charge in [-0.3, -0.25) is 20.2 Å². The molecule has 0 radical (unpaired) electrons. The first kappa shape index (κ1) is 26.1. The van der Waals surface area contributed by atoms with Crippen molar-refractivity contribution in [3.05, 3.63) is 75.8 Å². The van der Waals surface area contributed by atoms with Gasteiger partial charge in [0.05, 0.1) is 25.2 Å². The minimum atomic E-state index is -0.564. The van der Waals surface area contributed by atoms with Gasteiger partial charge in [0.2, 0.25) is 5.89 Å². The number of carbonyl (C=O) groups is 1. The number of nitro benzene ring substituents is 1. The maximum absolute atomic E-state index is 12.9. The molecule has 0 saturated carbocycles. The average Bonchev–Trinajstić information content (AvgIpc) is 3.37. The molecule has 0 bridgehead atoms. The standard InChI is InChI=1S/C27H25N5O6S/c1-16-3-4-18(26-28-21-15-19(36-2)6-8-24(21)38-26)13-20(16)29-27(39)30-25(33)17-5-7-22(23(14-17)32(34)35)31-9-11-37-12-10-31/h3-8,13-15H,9-12H2,1-2H3,(H2,29,30,33,39). The highest BCUT2D eigenvalue weighted by atomic mass is 32.1. The van der Waals surface area contributed by atoms with Crippen LogP contribution in [0.2, 0.25) is 0 Å². The zero-order valence-corrected chi connectivity index (χ0v) is 22.0. The number of thiocarbonyl (C=S) groups is 1. The van der Waals surface area contributed by atoms with Crippen molar-refractivity contribution in [1.29, 1.82) is 0 Å². The number of ether oxygens (including phenoxy) is 2. The van der Waals surface area contributed by atoms with Crippen molar-refractivity contribution in [2.24, 2.45) is 0 Å². The molecule has 0 spiro atoms. The van der Waals surface area contributed by atoms with Crippen LogP contribution < -0.4 is 20.3 Å². The number of methoxy groups -OCH3 is 1. The Labute approximate surface area is 228 Å². The van der Waals surface area contributed by atoms with E-state index in [1.165, 1.54) is 6.07 Å². The SMILES string of the molecule is COc1ccc2oc(-c3ccc(C)c(NC(=S)NC(=O)c4ccc(N5CCOCC5)c([N+](=O)[O-])c4)c3)nc2c1. The van der Waals surface area contributed by atoms with Gasteiger partial charge in [0.25, 0.3) is 11.6 Å². The summed E-state index contributed by atoms with van der Waals surface area (Å²) >= 11 is 5.37. The fourth-order valence-corrected chi connectivity index (χ4v) is 4.46. The summed E-state index contributed by atoms with van der Waals surface area (Å²) in [5, 5.41) is 17.4. The largest absolute Gasteiger partial charge is 0.497 e. The van der Waals surface area contributed by atoms with E-state index in [9.17, 15) is 14.9 Å². The van der Waals surface area contributed by atoms with Crippen molar-refractivity contribution in [2.75, 3.05) is 43.6 Å².